The van der Waals surface area contributed by atoms with E-state index in [0.717, 1.165) is 30.6 Å². The summed E-state index contributed by atoms with van der Waals surface area (Å²) in [6.07, 6.45) is 2.78. The number of carbonyl (C=O) groups is 1. The number of piperazine rings is 1. The highest BCUT2D eigenvalue weighted by Gasteiger charge is 2.35. The molecule has 0 saturated carbocycles. The number of hydrazine groups is 1. The molecule has 2 atom stereocenters. The molecular weight excluding hydrogens is 356 g/mol. The van der Waals surface area contributed by atoms with Crippen molar-refractivity contribution in [1.29, 1.82) is 0 Å². The van der Waals surface area contributed by atoms with Crippen molar-refractivity contribution >= 4 is 23.0 Å². The summed E-state index contributed by atoms with van der Waals surface area (Å²) in [7, 11) is 2.03. The quantitative estimate of drug-likeness (QED) is 0.716. The molecule has 2 fully saturated rings. The highest BCUT2D eigenvalue weighted by molar-refractivity contribution is 5.82. The summed E-state index contributed by atoms with van der Waals surface area (Å²) in [6, 6.07) is 12.5. The maximum atomic E-state index is 12.9. The molecule has 4 heterocycles. The number of oxazole rings is 1. The third-order valence-electron chi connectivity index (χ3n) is 5.69. The van der Waals surface area contributed by atoms with Crippen LogP contribution in [-0.2, 0) is 11.8 Å². The van der Waals surface area contributed by atoms with E-state index in [1.165, 1.54) is 5.69 Å². The topological polar surface area (TPSA) is 78.6 Å². The predicted molar refractivity (Wildman–Crippen MR) is 106 cm³/mol. The fourth-order valence-electron chi connectivity index (χ4n) is 4.08. The molecule has 0 spiro atoms. The third kappa shape index (κ3) is 3.04. The average molecular weight is 380 g/mol. The number of benzene rings is 1. The van der Waals surface area contributed by atoms with Crippen molar-refractivity contribution < 1.29 is 9.21 Å². The Balaban J connectivity index is 1.20. The van der Waals surface area contributed by atoms with Gasteiger partial charge < -0.3 is 18.8 Å². The highest BCUT2D eigenvalue weighted by atomic mass is 16.4. The Kier molecular flexibility index (Phi) is 4.29. The lowest BCUT2D eigenvalue weighted by Crippen LogP contribution is -2.53. The van der Waals surface area contributed by atoms with Crippen LogP contribution in [0.2, 0.25) is 0 Å². The Morgan fingerprint density at radius 2 is 1.93 bits per heavy atom. The second-order valence-corrected chi connectivity index (χ2v) is 7.45. The summed E-state index contributed by atoms with van der Waals surface area (Å²) in [5, 5.41) is 0. The van der Waals surface area contributed by atoms with Gasteiger partial charge in [0.15, 0.2) is 5.58 Å². The Morgan fingerprint density at radius 3 is 2.68 bits per heavy atom. The lowest BCUT2D eigenvalue weighted by Gasteiger charge is -2.35. The van der Waals surface area contributed by atoms with Crippen LogP contribution >= 0.6 is 0 Å². The van der Waals surface area contributed by atoms with E-state index in [9.17, 15) is 4.79 Å². The summed E-state index contributed by atoms with van der Waals surface area (Å²) < 4.78 is 7.94. The minimum absolute atomic E-state index is 0.148. The van der Waals surface area contributed by atoms with Crippen LogP contribution in [0, 0.1) is 0 Å². The Bertz CT molecular complexity index is 954. The number of carbonyl (C=O) groups excluding carboxylic acids is 1. The van der Waals surface area contributed by atoms with Gasteiger partial charge in [0.1, 0.15) is 11.6 Å². The maximum Gasteiger partial charge on any atom is 0.298 e. The van der Waals surface area contributed by atoms with Crippen molar-refractivity contribution in [3.8, 4) is 0 Å². The van der Waals surface area contributed by atoms with Gasteiger partial charge in [0.25, 0.3) is 6.01 Å². The smallest absolute Gasteiger partial charge is 0.298 e. The molecule has 2 saturated heterocycles. The van der Waals surface area contributed by atoms with Crippen LogP contribution in [0.3, 0.4) is 0 Å². The fraction of sp³-hybridized carbons (Fsp3) is 0.400. The molecule has 0 aliphatic carbocycles. The Labute approximate surface area is 163 Å². The van der Waals surface area contributed by atoms with Gasteiger partial charge in [-0.05, 0) is 30.7 Å². The lowest BCUT2D eigenvalue weighted by atomic mass is 10.1. The van der Waals surface area contributed by atoms with Crippen molar-refractivity contribution in [1.82, 2.24) is 25.3 Å². The van der Waals surface area contributed by atoms with Crippen molar-refractivity contribution in [3.63, 3.8) is 0 Å². The minimum atomic E-state index is -0.198. The molecule has 1 aromatic carbocycles. The van der Waals surface area contributed by atoms with Crippen molar-refractivity contribution in [2.45, 2.75) is 18.5 Å². The Morgan fingerprint density at radius 1 is 1.11 bits per heavy atom. The van der Waals surface area contributed by atoms with Gasteiger partial charge in [0.05, 0.1) is 6.04 Å². The zero-order chi connectivity index (χ0) is 19.1. The third-order valence-corrected chi connectivity index (χ3v) is 5.69. The SMILES string of the molecule is Cn1cccc1C1CC(C(=O)N2CCN(c3nc4ccccc4o3)CC2)NN1. The fourth-order valence-corrected chi connectivity index (χ4v) is 4.08. The summed E-state index contributed by atoms with van der Waals surface area (Å²) in [4.78, 5) is 21.5. The van der Waals surface area contributed by atoms with E-state index in [2.05, 4.69) is 31.4 Å². The van der Waals surface area contributed by atoms with Gasteiger partial charge in [-0.3, -0.25) is 4.79 Å². The van der Waals surface area contributed by atoms with E-state index in [-0.39, 0.29) is 18.0 Å². The van der Waals surface area contributed by atoms with E-state index < -0.39 is 0 Å². The van der Waals surface area contributed by atoms with Crippen molar-refractivity contribution in [2.24, 2.45) is 7.05 Å². The molecule has 28 heavy (non-hydrogen) atoms. The van der Waals surface area contributed by atoms with Crippen LogP contribution in [-0.4, -0.2) is 52.6 Å². The number of nitrogens with zero attached hydrogens (tertiary/aromatic N) is 4. The highest BCUT2D eigenvalue weighted by Crippen LogP contribution is 2.25. The van der Waals surface area contributed by atoms with Crippen molar-refractivity contribution in [2.75, 3.05) is 31.1 Å². The van der Waals surface area contributed by atoms with Crippen molar-refractivity contribution in [3.05, 3.63) is 48.3 Å². The summed E-state index contributed by atoms with van der Waals surface area (Å²) in [5.74, 6) is 0.154. The van der Waals surface area contributed by atoms with Crippen LogP contribution in [0.1, 0.15) is 18.2 Å². The average Bonchev–Trinajstić information content (AvgIpc) is 3.46. The summed E-state index contributed by atoms with van der Waals surface area (Å²) in [6.45, 7) is 2.79. The second kappa shape index (κ2) is 6.96. The van der Waals surface area contributed by atoms with Gasteiger partial charge in [-0.1, -0.05) is 12.1 Å². The molecule has 0 bridgehead atoms. The number of hydrogen-bond donors (Lipinski definition) is 2. The maximum absolute atomic E-state index is 12.9. The molecule has 2 unspecified atom stereocenters. The molecular formula is C20H24N6O2. The van der Waals surface area contributed by atoms with E-state index >= 15 is 0 Å². The zero-order valence-electron chi connectivity index (χ0n) is 15.8. The normalized spacial score (nSPS) is 22.9. The molecule has 8 heteroatoms. The number of amides is 1. The zero-order valence-corrected chi connectivity index (χ0v) is 15.8. The van der Waals surface area contributed by atoms with Crippen LogP contribution in [0.4, 0.5) is 6.01 Å². The molecule has 2 aliphatic rings. The standard InChI is InChI=1S/C20H24N6O2/c1-24-8-4-6-17(24)15-13-16(23-22-15)19(27)25-9-11-26(12-10-25)20-21-14-5-2-3-7-18(14)28-20/h2-8,15-16,22-23H,9-13H2,1H3. The molecule has 0 radical (unpaired) electrons. The number of rotatable bonds is 3. The number of hydrogen-bond acceptors (Lipinski definition) is 6. The number of para-hydroxylation sites is 2. The van der Waals surface area contributed by atoms with E-state index in [1.54, 1.807) is 0 Å². The molecule has 8 nitrogen and oxygen atoms in total. The van der Waals surface area contributed by atoms with E-state index in [4.69, 9.17) is 4.42 Å². The number of fused-ring (bicyclic) bond motifs is 1. The lowest BCUT2D eigenvalue weighted by molar-refractivity contribution is -0.133. The molecule has 2 aliphatic heterocycles. The predicted octanol–water partition coefficient (Wildman–Crippen LogP) is 1.42. The first kappa shape index (κ1) is 17.3. The van der Waals surface area contributed by atoms with Gasteiger partial charge in [0, 0.05) is 45.1 Å². The van der Waals surface area contributed by atoms with Crippen LogP contribution in [0.25, 0.3) is 11.1 Å². The van der Waals surface area contributed by atoms with Gasteiger partial charge in [-0.2, -0.15) is 4.98 Å². The van der Waals surface area contributed by atoms with Gasteiger partial charge >= 0.3 is 0 Å². The number of aryl methyl sites for hydroxylation is 1. The molecule has 2 aromatic heterocycles. The van der Waals surface area contributed by atoms with E-state index in [1.807, 2.05) is 48.5 Å². The molecule has 146 valence electrons. The Hall–Kier alpha value is -2.84. The first-order valence-electron chi connectivity index (χ1n) is 9.70. The molecule has 2 N–H and O–H groups in total. The number of nitrogens with one attached hydrogen (secondary N) is 2. The first-order valence-corrected chi connectivity index (χ1v) is 9.70. The first-order chi connectivity index (χ1) is 13.7. The second-order valence-electron chi connectivity index (χ2n) is 7.45. The minimum Gasteiger partial charge on any atom is -0.423 e. The summed E-state index contributed by atoms with van der Waals surface area (Å²) >= 11 is 0. The molecule has 3 aromatic rings. The van der Waals surface area contributed by atoms with Crippen LogP contribution < -0.4 is 15.8 Å². The number of anilines is 1. The monoisotopic (exact) mass is 380 g/mol. The van der Waals surface area contributed by atoms with E-state index in [0.29, 0.717) is 19.1 Å². The summed E-state index contributed by atoms with van der Waals surface area (Å²) in [5.41, 5.74) is 9.29. The molecule has 1 amide bonds. The van der Waals surface area contributed by atoms with Crippen LogP contribution in [0.15, 0.2) is 47.0 Å². The largest absolute Gasteiger partial charge is 0.423 e. The van der Waals surface area contributed by atoms with Gasteiger partial charge in [-0.15, -0.1) is 0 Å². The van der Waals surface area contributed by atoms with Crippen LogP contribution in [0.5, 0.6) is 0 Å². The molecule has 5 rings (SSSR count). The van der Waals surface area contributed by atoms with Gasteiger partial charge in [-0.25, -0.2) is 10.9 Å². The van der Waals surface area contributed by atoms with Gasteiger partial charge in [0.2, 0.25) is 5.91 Å². The number of aromatic nitrogens is 2.